The predicted octanol–water partition coefficient (Wildman–Crippen LogP) is 2.88. The van der Waals surface area contributed by atoms with Crippen LogP contribution in [0.1, 0.15) is 50.7 Å². The van der Waals surface area contributed by atoms with E-state index in [-0.39, 0.29) is 40.7 Å². The number of esters is 1. The van der Waals surface area contributed by atoms with E-state index in [0.29, 0.717) is 19.0 Å². The van der Waals surface area contributed by atoms with Crippen LogP contribution >= 0.6 is 0 Å². The standard InChI is InChI=1S/C24H33NO5/c1-23-8-3-9-24(14-29-24)21(23)10-17-18(22(28)30-20(17)11-23)12-25(2)13-19(27)15-4-6-16(26)7-5-15/h4-7,17-21,26-27H,3,8-14H2,1-2H3. The van der Waals surface area contributed by atoms with Gasteiger partial charge in [0.1, 0.15) is 11.9 Å². The minimum atomic E-state index is -0.667. The molecule has 30 heavy (non-hydrogen) atoms. The highest BCUT2D eigenvalue weighted by molar-refractivity contribution is 5.75. The SMILES string of the molecule is CN(CC(O)c1ccc(O)cc1)CC1C(=O)OC2CC3(C)CCCC4(CO4)C3CC21. The van der Waals surface area contributed by atoms with Crippen molar-refractivity contribution >= 4 is 5.97 Å². The van der Waals surface area contributed by atoms with Gasteiger partial charge in [0.2, 0.25) is 0 Å². The number of phenolic OH excluding ortho intramolecular Hbond substituents is 1. The topological polar surface area (TPSA) is 82.5 Å². The molecule has 1 aromatic rings. The molecule has 0 radical (unpaired) electrons. The van der Waals surface area contributed by atoms with E-state index in [2.05, 4.69) is 6.92 Å². The van der Waals surface area contributed by atoms with E-state index in [4.69, 9.17) is 9.47 Å². The number of carbonyl (C=O) groups is 1. The van der Waals surface area contributed by atoms with Gasteiger partial charge in [-0.2, -0.15) is 0 Å². The number of aliphatic hydroxyl groups is 1. The van der Waals surface area contributed by atoms with Gasteiger partial charge in [0, 0.05) is 19.0 Å². The zero-order valence-electron chi connectivity index (χ0n) is 17.9. The van der Waals surface area contributed by atoms with Gasteiger partial charge in [0.15, 0.2) is 0 Å². The van der Waals surface area contributed by atoms with Gasteiger partial charge in [-0.15, -0.1) is 0 Å². The summed E-state index contributed by atoms with van der Waals surface area (Å²) < 4.78 is 11.9. The van der Waals surface area contributed by atoms with Crippen LogP contribution in [0, 0.1) is 23.2 Å². The predicted molar refractivity (Wildman–Crippen MR) is 111 cm³/mol. The quantitative estimate of drug-likeness (QED) is 0.568. The fraction of sp³-hybridized carbons (Fsp3) is 0.708. The Morgan fingerprint density at radius 1 is 1.27 bits per heavy atom. The molecule has 1 aromatic carbocycles. The number of rotatable bonds is 5. The largest absolute Gasteiger partial charge is 0.508 e. The first-order chi connectivity index (χ1) is 14.3. The van der Waals surface area contributed by atoms with Crippen LogP contribution in [-0.2, 0) is 14.3 Å². The van der Waals surface area contributed by atoms with E-state index >= 15 is 0 Å². The summed E-state index contributed by atoms with van der Waals surface area (Å²) in [6.45, 7) is 4.27. The highest BCUT2D eigenvalue weighted by atomic mass is 16.6. The maximum atomic E-state index is 12.8. The number of phenols is 1. The third kappa shape index (κ3) is 3.43. The zero-order chi connectivity index (χ0) is 21.1. The van der Waals surface area contributed by atoms with Crippen LogP contribution in [0.4, 0.5) is 0 Å². The lowest BCUT2D eigenvalue weighted by atomic mass is 9.53. The summed E-state index contributed by atoms with van der Waals surface area (Å²) in [4.78, 5) is 14.8. The lowest BCUT2D eigenvalue weighted by Crippen LogP contribution is -2.51. The van der Waals surface area contributed by atoms with E-state index in [1.54, 1.807) is 24.3 Å². The van der Waals surface area contributed by atoms with Crippen LogP contribution in [0.2, 0.25) is 0 Å². The van der Waals surface area contributed by atoms with Crippen molar-refractivity contribution in [1.82, 2.24) is 4.90 Å². The third-order valence-electron chi connectivity index (χ3n) is 8.35. The average Bonchev–Trinajstić information content (AvgIpc) is 3.40. The number of likely N-dealkylation sites (N-methyl/N-ethyl adjacent to an activating group) is 1. The van der Waals surface area contributed by atoms with Crippen molar-refractivity contribution < 1.29 is 24.5 Å². The molecule has 164 valence electrons. The Balaban J connectivity index is 1.26. The molecular weight excluding hydrogens is 382 g/mol. The fourth-order valence-corrected chi connectivity index (χ4v) is 6.67. The number of hydrogen-bond acceptors (Lipinski definition) is 6. The molecule has 6 nitrogen and oxygen atoms in total. The Kier molecular flexibility index (Phi) is 4.88. The second-order valence-corrected chi connectivity index (χ2v) is 10.4. The van der Waals surface area contributed by atoms with Crippen molar-refractivity contribution in [2.24, 2.45) is 23.2 Å². The molecule has 5 rings (SSSR count). The van der Waals surface area contributed by atoms with E-state index in [1.165, 1.54) is 12.8 Å². The lowest BCUT2D eigenvalue weighted by Gasteiger charge is -2.51. The maximum Gasteiger partial charge on any atom is 0.310 e. The first-order valence-electron chi connectivity index (χ1n) is 11.3. The zero-order valence-corrected chi connectivity index (χ0v) is 17.9. The first-order valence-corrected chi connectivity index (χ1v) is 11.3. The summed E-state index contributed by atoms with van der Waals surface area (Å²) in [5.41, 5.74) is 1.04. The van der Waals surface area contributed by atoms with Crippen LogP contribution < -0.4 is 0 Å². The van der Waals surface area contributed by atoms with Crippen molar-refractivity contribution in [2.75, 3.05) is 26.7 Å². The van der Waals surface area contributed by atoms with E-state index < -0.39 is 6.10 Å². The molecule has 2 aliphatic heterocycles. The molecule has 2 N–H and O–H groups in total. The van der Waals surface area contributed by atoms with E-state index in [0.717, 1.165) is 31.4 Å². The minimum Gasteiger partial charge on any atom is -0.508 e. The molecule has 4 fully saturated rings. The molecule has 0 bridgehead atoms. The number of nitrogens with zero attached hydrogens (tertiary/aromatic N) is 1. The van der Waals surface area contributed by atoms with Gasteiger partial charge in [0.05, 0.1) is 24.2 Å². The molecular formula is C24H33NO5. The summed E-state index contributed by atoms with van der Waals surface area (Å²) >= 11 is 0. The van der Waals surface area contributed by atoms with Crippen LogP contribution in [0.5, 0.6) is 5.75 Å². The Morgan fingerprint density at radius 3 is 2.70 bits per heavy atom. The molecule has 2 saturated carbocycles. The number of carbonyl (C=O) groups excluding carboxylic acids is 1. The van der Waals surface area contributed by atoms with Crippen molar-refractivity contribution in [3.63, 3.8) is 0 Å². The first kappa shape index (κ1) is 20.3. The van der Waals surface area contributed by atoms with E-state index in [1.807, 2.05) is 11.9 Å². The highest BCUT2D eigenvalue weighted by Crippen LogP contribution is 2.62. The van der Waals surface area contributed by atoms with Gasteiger partial charge in [-0.1, -0.05) is 19.1 Å². The van der Waals surface area contributed by atoms with Crippen molar-refractivity contribution in [3.8, 4) is 5.75 Å². The molecule has 0 amide bonds. The summed E-state index contributed by atoms with van der Waals surface area (Å²) in [5.74, 6) is 0.717. The number of hydrogen-bond donors (Lipinski definition) is 2. The summed E-state index contributed by atoms with van der Waals surface area (Å²) in [6, 6.07) is 6.62. The molecule has 7 unspecified atom stereocenters. The second-order valence-electron chi connectivity index (χ2n) is 10.4. The Bertz CT molecular complexity index is 806. The van der Waals surface area contributed by atoms with Crippen molar-refractivity contribution in [3.05, 3.63) is 29.8 Å². The molecule has 1 spiro atoms. The van der Waals surface area contributed by atoms with Crippen molar-refractivity contribution in [1.29, 1.82) is 0 Å². The number of fused-ring (bicyclic) bond motifs is 3. The number of epoxide rings is 1. The van der Waals surface area contributed by atoms with Gasteiger partial charge in [0.25, 0.3) is 0 Å². The van der Waals surface area contributed by atoms with Gasteiger partial charge in [-0.05, 0) is 68.2 Å². The molecule has 4 aliphatic rings. The maximum absolute atomic E-state index is 12.8. The average molecular weight is 416 g/mol. The summed E-state index contributed by atoms with van der Waals surface area (Å²) in [7, 11) is 1.95. The van der Waals surface area contributed by atoms with Crippen LogP contribution in [-0.4, -0.2) is 59.5 Å². The molecule has 2 aliphatic carbocycles. The monoisotopic (exact) mass is 415 g/mol. The van der Waals surface area contributed by atoms with Crippen LogP contribution in [0.25, 0.3) is 0 Å². The second kappa shape index (κ2) is 7.21. The number of ether oxygens (including phenoxy) is 2. The fourth-order valence-electron chi connectivity index (χ4n) is 6.67. The molecule has 7 atom stereocenters. The van der Waals surface area contributed by atoms with Crippen LogP contribution in [0.15, 0.2) is 24.3 Å². The van der Waals surface area contributed by atoms with Crippen LogP contribution in [0.3, 0.4) is 0 Å². The molecule has 0 aromatic heterocycles. The molecule has 2 saturated heterocycles. The number of aromatic hydroxyl groups is 1. The molecule has 6 heteroatoms. The number of aliphatic hydroxyl groups excluding tert-OH is 1. The third-order valence-corrected chi connectivity index (χ3v) is 8.35. The smallest absolute Gasteiger partial charge is 0.310 e. The van der Waals surface area contributed by atoms with Gasteiger partial charge < -0.3 is 24.6 Å². The van der Waals surface area contributed by atoms with Crippen molar-refractivity contribution in [2.45, 2.75) is 56.8 Å². The summed E-state index contributed by atoms with van der Waals surface area (Å²) in [6.07, 6.45) is 4.88. The Labute approximate surface area is 178 Å². The van der Waals surface area contributed by atoms with E-state index in [9.17, 15) is 15.0 Å². The van der Waals surface area contributed by atoms with Gasteiger partial charge in [-0.25, -0.2) is 0 Å². The van der Waals surface area contributed by atoms with Gasteiger partial charge in [-0.3, -0.25) is 4.79 Å². The lowest BCUT2D eigenvalue weighted by molar-refractivity contribution is -0.147. The number of benzene rings is 1. The minimum absolute atomic E-state index is 0.0214. The molecule has 2 heterocycles. The Hall–Kier alpha value is -1.63. The summed E-state index contributed by atoms with van der Waals surface area (Å²) in [5, 5.41) is 20.0. The Morgan fingerprint density at radius 2 is 2.00 bits per heavy atom. The highest BCUT2D eigenvalue weighted by Gasteiger charge is 2.65. The van der Waals surface area contributed by atoms with Gasteiger partial charge >= 0.3 is 5.97 Å². The normalized spacial score (nSPS) is 40.7.